The number of benzene rings is 2. The molecule has 2 aromatic carbocycles. The number of rotatable bonds is 6. The van der Waals surface area contributed by atoms with Crippen molar-refractivity contribution in [1.29, 1.82) is 0 Å². The Morgan fingerprint density at radius 1 is 1.00 bits per heavy atom. The summed E-state index contributed by atoms with van der Waals surface area (Å²) in [5.41, 5.74) is 5.19. The number of hydrogen-bond donors (Lipinski definition) is 2. The predicted octanol–water partition coefficient (Wildman–Crippen LogP) is 3.84. The fourth-order valence-corrected chi connectivity index (χ4v) is 3.15. The highest BCUT2D eigenvalue weighted by Crippen LogP contribution is 2.22. The molecule has 0 bridgehead atoms. The van der Waals surface area contributed by atoms with Gasteiger partial charge in [0, 0.05) is 24.2 Å². The van der Waals surface area contributed by atoms with Gasteiger partial charge in [0.1, 0.15) is 0 Å². The van der Waals surface area contributed by atoms with Gasteiger partial charge in [0.2, 0.25) is 5.91 Å². The van der Waals surface area contributed by atoms with Crippen molar-refractivity contribution >= 4 is 17.5 Å². The highest BCUT2D eigenvalue weighted by Gasteiger charge is 2.13. The standard InChI is InChI=1S/C21H24N2O2/c1-2-4-20(24)23-19-11-7-15(8-12-19)14-22-21(25)18-10-9-16-5-3-6-17(16)13-18/h7-13H,2-6,14H2,1H3,(H,22,25)(H,23,24). The van der Waals surface area contributed by atoms with Crippen LogP contribution in [0.4, 0.5) is 5.69 Å². The molecule has 0 aromatic heterocycles. The Morgan fingerprint density at radius 2 is 1.76 bits per heavy atom. The summed E-state index contributed by atoms with van der Waals surface area (Å²) in [6.45, 7) is 2.45. The fraction of sp³-hybridized carbons (Fsp3) is 0.333. The van der Waals surface area contributed by atoms with E-state index in [1.54, 1.807) is 0 Å². The second-order valence-corrected chi connectivity index (χ2v) is 6.51. The van der Waals surface area contributed by atoms with Gasteiger partial charge in [-0.1, -0.05) is 25.1 Å². The Balaban J connectivity index is 1.54. The smallest absolute Gasteiger partial charge is 0.251 e. The molecule has 3 rings (SSSR count). The summed E-state index contributed by atoms with van der Waals surface area (Å²) in [6.07, 6.45) is 4.73. The van der Waals surface area contributed by atoms with Crippen LogP contribution in [0.15, 0.2) is 42.5 Å². The van der Waals surface area contributed by atoms with E-state index in [1.165, 1.54) is 17.5 Å². The lowest BCUT2D eigenvalue weighted by Gasteiger charge is -2.09. The van der Waals surface area contributed by atoms with Crippen LogP contribution >= 0.6 is 0 Å². The van der Waals surface area contributed by atoms with Crippen LogP contribution in [-0.4, -0.2) is 11.8 Å². The molecule has 2 aromatic rings. The van der Waals surface area contributed by atoms with Crippen molar-refractivity contribution in [3.05, 3.63) is 64.7 Å². The molecule has 130 valence electrons. The van der Waals surface area contributed by atoms with Crippen molar-refractivity contribution in [2.24, 2.45) is 0 Å². The maximum Gasteiger partial charge on any atom is 0.251 e. The van der Waals surface area contributed by atoms with Gasteiger partial charge in [-0.2, -0.15) is 0 Å². The largest absolute Gasteiger partial charge is 0.348 e. The maximum atomic E-state index is 12.3. The van der Waals surface area contributed by atoms with Gasteiger partial charge in [0.05, 0.1) is 0 Å². The fourth-order valence-electron chi connectivity index (χ4n) is 3.15. The van der Waals surface area contributed by atoms with Crippen molar-refractivity contribution in [3.8, 4) is 0 Å². The predicted molar refractivity (Wildman–Crippen MR) is 99.6 cm³/mol. The molecule has 25 heavy (non-hydrogen) atoms. The van der Waals surface area contributed by atoms with E-state index in [1.807, 2.05) is 43.3 Å². The minimum atomic E-state index is -0.0463. The third kappa shape index (κ3) is 4.47. The second-order valence-electron chi connectivity index (χ2n) is 6.51. The first-order chi connectivity index (χ1) is 12.2. The Morgan fingerprint density at radius 3 is 2.52 bits per heavy atom. The molecule has 2 N–H and O–H groups in total. The first-order valence-corrected chi connectivity index (χ1v) is 8.94. The Bertz CT molecular complexity index is 766. The Kier molecular flexibility index (Phi) is 5.49. The zero-order valence-corrected chi connectivity index (χ0v) is 14.6. The molecule has 0 aliphatic heterocycles. The highest BCUT2D eigenvalue weighted by molar-refractivity contribution is 5.94. The molecule has 0 unspecified atom stereocenters. The molecule has 0 saturated heterocycles. The van der Waals surface area contributed by atoms with Gasteiger partial charge >= 0.3 is 0 Å². The number of hydrogen-bond acceptors (Lipinski definition) is 2. The average Bonchev–Trinajstić information content (AvgIpc) is 3.08. The van der Waals surface area contributed by atoms with Crippen LogP contribution in [0.1, 0.15) is 53.2 Å². The van der Waals surface area contributed by atoms with Crippen molar-refractivity contribution in [3.63, 3.8) is 0 Å². The van der Waals surface area contributed by atoms with E-state index < -0.39 is 0 Å². The number of carbonyl (C=O) groups excluding carboxylic acids is 2. The van der Waals surface area contributed by atoms with Crippen molar-refractivity contribution in [2.75, 3.05) is 5.32 Å². The molecular weight excluding hydrogens is 312 g/mol. The van der Waals surface area contributed by atoms with Gasteiger partial charge in [-0.05, 0) is 66.6 Å². The number of amides is 2. The highest BCUT2D eigenvalue weighted by atomic mass is 16.2. The minimum Gasteiger partial charge on any atom is -0.348 e. The van der Waals surface area contributed by atoms with Gasteiger partial charge in [0.25, 0.3) is 5.91 Å². The van der Waals surface area contributed by atoms with E-state index in [9.17, 15) is 9.59 Å². The number of carbonyl (C=O) groups is 2. The average molecular weight is 336 g/mol. The third-order valence-electron chi connectivity index (χ3n) is 4.53. The zero-order chi connectivity index (χ0) is 17.6. The molecule has 0 saturated carbocycles. The summed E-state index contributed by atoms with van der Waals surface area (Å²) >= 11 is 0. The Labute approximate surface area is 148 Å². The van der Waals surface area contributed by atoms with Crippen LogP contribution in [0.2, 0.25) is 0 Å². The summed E-state index contributed by atoms with van der Waals surface area (Å²) in [7, 11) is 0. The molecule has 1 aliphatic rings. The van der Waals surface area contributed by atoms with Crippen LogP contribution in [-0.2, 0) is 24.2 Å². The minimum absolute atomic E-state index is 0.0279. The number of anilines is 1. The monoisotopic (exact) mass is 336 g/mol. The topological polar surface area (TPSA) is 58.2 Å². The molecule has 0 radical (unpaired) electrons. The van der Waals surface area contributed by atoms with Gasteiger partial charge in [0.15, 0.2) is 0 Å². The van der Waals surface area contributed by atoms with E-state index in [0.29, 0.717) is 13.0 Å². The molecule has 0 fully saturated rings. The van der Waals surface area contributed by atoms with Crippen molar-refractivity contribution < 1.29 is 9.59 Å². The van der Waals surface area contributed by atoms with Crippen LogP contribution in [0.3, 0.4) is 0 Å². The maximum absolute atomic E-state index is 12.3. The molecule has 1 aliphatic carbocycles. The van der Waals surface area contributed by atoms with Gasteiger partial charge < -0.3 is 10.6 Å². The summed E-state index contributed by atoms with van der Waals surface area (Å²) in [5.74, 6) is -0.0183. The van der Waals surface area contributed by atoms with Crippen molar-refractivity contribution in [1.82, 2.24) is 5.32 Å². The van der Waals surface area contributed by atoms with Gasteiger partial charge in [-0.3, -0.25) is 9.59 Å². The number of aryl methyl sites for hydroxylation is 2. The van der Waals surface area contributed by atoms with Crippen molar-refractivity contribution in [2.45, 2.75) is 45.6 Å². The van der Waals surface area contributed by atoms with E-state index in [-0.39, 0.29) is 11.8 Å². The molecule has 2 amide bonds. The summed E-state index contributed by atoms with van der Waals surface area (Å²) in [6, 6.07) is 13.6. The van der Waals surface area contributed by atoms with E-state index in [0.717, 1.165) is 36.1 Å². The second kappa shape index (κ2) is 7.97. The van der Waals surface area contributed by atoms with Crippen LogP contribution in [0, 0.1) is 0 Å². The lowest BCUT2D eigenvalue weighted by atomic mass is 10.1. The quantitative estimate of drug-likeness (QED) is 0.842. The molecule has 0 spiro atoms. The zero-order valence-electron chi connectivity index (χ0n) is 14.6. The Hall–Kier alpha value is -2.62. The SMILES string of the molecule is CCCC(=O)Nc1ccc(CNC(=O)c2ccc3c(c2)CCC3)cc1. The van der Waals surface area contributed by atoms with Gasteiger partial charge in [-0.15, -0.1) is 0 Å². The van der Waals surface area contributed by atoms with Crippen LogP contribution in [0.25, 0.3) is 0 Å². The third-order valence-corrected chi connectivity index (χ3v) is 4.53. The van der Waals surface area contributed by atoms with Crippen LogP contribution in [0.5, 0.6) is 0 Å². The summed E-state index contributed by atoms with van der Waals surface area (Å²) in [4.78, 5) is 23.9. The summed E-state index contributed by atoms with van der Waals surface area (Å²) < 4.78 is 0. The van der Waals surface area contributed by atoms with E-state index in [4.69, 9.17) is 0 Å². The lowest BCUT2D eigenvalue weighted by molar-refractivity contribution is -0.116. The summed E-state index contributed by atoms with van der Waals surface area (Å²) in [5, 5.41) is 5.82. The molecule has 0 heterocycles. The first kappa shape index (κ1) is 17.2. The van der Waals surface area contributed by atoms with E-state index >= 15 is 0 Å². The number of nitrogens with one attached hydrogen (secondary N) is 2. The first-order valence-electron chi connectivity index (χ1n) is 8.94. The van der Waals surface area contributed by atoms with Crippen LogP contribution < -0.4 is 10.6 Å². The molecule has 4 nitrogen and oxygen atoms in total. The van der Waals surface area contributed by atoms with E-state index in [2.05, 4.69) is 16.7 Å². The molecular formula is C21H24N2O2. The molecule has 0 atom stereocenters. The lowest BCUT2D eigenvalue weighted by Crippen LogP contribution is -2.23. The number of fused-ring (bicyclic) bond motifs is 1. The van der Waals surface area contributed by atoms with Gasteiger partial charge in [-0.25, -0.2) is 0 Å². The molecule has 4 heteroatoms. The normalized spacial score (nSPS) is 12.5.